The Labute approximate surface area is 92.2 Å². The van der Waals surface area contributed by atoms with Gasteiger partial charge in [0.05, 0.1) is 6.61 Å². The minimum absolute atomic E-state index is 0.0923. The van der Waals surface area contributed by atoms with E-state index in [1.165, 1.54) is 0 Å². The van der Waals surface area contributed by atoms with Crippen LogP contribution in [0.15, 0.2) is 0 Å². The van der Waals surface area contributed by atoms with Crippen molar-refractivity contribution in [1.29, 1.82) is 0 Å². The molecule has 0 bridgehead atoms. The van der Waals surface area contributed by atoms with Crippen LogP contribution in [0.1, 0.15) is 13.3 Å². The molecule has 7 heteroatoms. The molecule has 1 aliphatic heterocycles. The van der Waals surface area contributed by atoms with E-state index in [9.17, 15) is 20.1 Å². The van der Waals surface area contributed by atoms with Gasteiger partial charge in [0, 0.05) is 6.42 Å². The lowest BCUT2D eigenvalue weighted by Gasteiger charge is -2.39. The van der Waals surface area contributed by atoms with Gasteiger partial charge in [-0.3, -0.25) is 4.79 Å². The Kier molecular flexibility index (Phi) is 4.63. The fourth-order valence-electron chi connectivity index (χ4n) is 1.38. The predicted molar refractivity (Wildman–Crippen MR) is 50.2 cm³/mol. The van der Waals surface area contributed by atoms with Gasteiger partial charge < -0.3 is 29.9 Å². The summed E-state index contributed by atoms with van der Waals surface area (Å²) in [4.78, 5) is 11.0. The van der Waals surface area contributed by atoms with Gasteiger partial charge in [0.25, 0.3) is 0 Å². The highest BCUT2D eigenvalue weighted by Crippen LogP contribution is 2.22. The summed E-state index contributed by atoms with van der Waals surface area (Å²) in [6, 6.07) is 0. The molecule has 1 saturated heterocycles. The Morgan fingerprint density at radius 1 is 1.25 bits per heavy atom. The molecule has 4 N–H and O–H groups in total. The first-order valence-electron chi connectivity index (χ1n) is 5.01. The van der Waals surface area contributed by atoms with E-state index in [-0.39, 0.29) is 6.42 Å². The zero-order chi connectivity index (χ0) is 12.3. The molecule has 1 aliphatic rings. The summed E-state index contributed by atoms with van der Waals surface area (Å²) in [6.07, 6.45) is -6.85. The fraction of sp³-hybridized carbons (Fsp3) is 0.889. The molecule has 0 aromatic heterocycles. The summed E-state index contributed by atoms with van der Waals surface area (Å²) in [5.41, 5.74) is 0. The number of aliphatic hydroxyl groups excluding tert-OH is 4. The molecule has 1 heterocycles. The first kappa shape index (κ1) is 13.3. The van der Waals surface area contributed by atoms with Gasteiger partial charge in [-0.05, 0) is 0 Å². The quantitative estimate of drug-likeness (QED) is 0.408. The normalized spacial score (nSPS) is 39.4. The number of ether oxygens (including phenoxy) is 2. The van der Waals surface area contributed by atoms with E-state index in [1.54, 1.807) is 6.92 Å². The molecule has 0 aromatic carbocycles. The minimum atomic E-state index is -1.53. The zero-order valence-corrected chi connectivity index (χ0v) is 8.81. The second kappa shape index (κ2) is 5.55. The van der Waals surface area contributed by atoms with Crippen molar-refractivity contribution in [2.24, 2.45) is 0 Å². The lowest BCUT2D eigenvalue weighted by atomic mass is 9.99. The molecule has 0 unspecified atom stereocenters. The van der Waals surface area contributed by atoms with E-state index in [4.69, 9.17) is 14.6 Å². The van der Waals surface area contributed by atoms with Gasteiger partial charge in [-0.2, -0.15) is 0 Å². The number of rotatable bonds is 3. The van der Waals surface area contributed by atoms with Crippen LogP contribution in [0, 0.1) is 0 Å². The smallest absolute Gasteiger partial charge is 0.307 e. The highest BCUT2D eigenvalue weighted by molar-refractivity contribution is 5.69. The van der Waals surface area contributed by atoms with Gasteiger partial charge in [-0.25, -0.2) is 0 Å². The van der Waals surface area contributed by atoms with Crippen LogP contribution in [0.5, 0.6) is 0 Å². The van der Waals surface area contributed by atoms with Gasteiger partial charge in [-0.15, -0.1) is 0 Å². The van der Waals surface area contributed by atoms with Gasteiger partial charge in [0.2, 0.25) is 6.29 Å². The highest BCUT2D eigenvalue weighted by atomic mass is 16.7. The molecule has 5 atom stereocenters. The third-order valence-corrected chi connectivity index (χ3v) is 2.38. The summed E-state index contributed by atoms with van der Waals surface area (Å²) in [7, 11) is 0. The molecule has 0 spiro atoms. The summed E-state index contributed by atoms with van der Waals surface area (Å²) in [5.74, 6) is -0.607. The molecule has 0 radical (unpaired) electrons. The average molecular weight is 236 g/mol. The van der Waals surface area contributed by atoms with Gasteiger partial charge in [0.15, 0.2) is 0 Å². The second-order valence-electron chi connectivity index (χ2n) is 3.54. The number of hydrogen-bond donors (Lipinski definition) is 4. The van der Waals surface area contributed by atoms with Gasteiger partial charge in [-0.1, -0.05) is 6.92 Å². The molecule has 0 aromatic rings. The van der Waals surface area contributed by atoms with Crippen LogP contribution in [0.4, 0.5) is 0 Å². The van der Waals surface area contributed by atoms with Crippen LogP contribution in [-0.4, -0.2) is 63.7 Å². The van der Waals surface area contributed by atoms with E-state index < -0.39 is 43.3 Å². The monoisotopic (exact) mass is 236 g/mol. The highest BCUT2D eigenvalue weighted by Gasteiger charge is 2.45. The Morgan fingerprint density at radius 3 is 2.38 bits per heavy atom. The van der Waals surface area contributed by atoms with E-state index in [2.05, 4.69) is 0 Å². The minimum Gasteiger partial charge on any atom is -0.433 e. The van der Waals surface area contributed by atoms with Crippen molar-refractivity contribution in [2.75, 3.05) is 6.61 Å². The fourth-order valence-corrected chi connectivity index (χ4v) is 1.38. The number of esters is 1. The van der Waals surface area contributed by atoms with E-state index in [0.717, 1.165) is 0 Å². The van der Waals surface area contributed by atoms with Crippen molar-refractivity contribution in [3.8, 4) is 0 Å². The SMILES string of the molecule is CCC(=O)O[C@H]1O[C@H](CO)[C@@H](O)[C@H](O)[C@@H]1O. The second-order valence-corrected chi connectivity index (χ2v) is 3.54. The Hall–Kier alpha value is -0.730. The summed E-state index contributed by atoms with van der Waals surface area (Å²) in [6.45, 7) is 1.01. The molecule has 0 amide bonds. The first-order valence-corrected chi connectivity index (χ1v) is 5.01. The third kappa shape index (κ3) is 2.69. The van der Waals surface area contributed by atoms with E-state index in [0.29, 0.717) is 0 Å². The molecule has 0 saturated carbocycles. The zero-order valence-electron chi connectivity index (χ0n) is 8.81. The standard InChI is InChI=1S/C9H16O7/c1-2-5(11)16-9-8(14)7(13)6(12)4(3-10)15-9/h4,6-10,12-14H,2-3H2,1H3/t4-,6-,7+,8+,9-/m1/s1. The molecule has 1 fully saturated rings. The topological polar surface area (TPSA) is 116 Å². The number of carbonyl (C=O) groups is 1. The number of hydrogen-bond acceptors (Lipinski definition) is 7. The maximum atomic E-state index is 11.0. The van der Waals surface area contributed by atoms with E-state index in [1.807, 2.05) is 0 Å². The first-order chi connectivity index (χ1) is 7.51. The Balaban J connectivity index is 2.67. The van der Waals surface area contributed by atoms with Crippen LogP contribution in [-0.2, 0) is 14.3 Å². The molecule has 1 rings (SSSR count). The van der Waals surface area contributed by atoms with Crippen LogP contribution in [0.3, 0.4) is 0 Å². The molecule has 0 aliphatic carbocycles. The van der Waals surface area contributed by atoms with Crippen LogP contribution >= 0.6 is 0 Å². The molecular weight excluding hydrogens is 220 g/mol. The van der Waals surface area contributed by atoms with Crippen molar-refractivity contribution in [3.05, 3.63) is 0 Å². The van der Waals surface area contributed by atoms with E-state index >= 15 is 0 Å². The van der Waals surface area contributed by atoms with Crippen molar-refractivity contribution in [1.82, 2.24) is 0 Å². The van der Waals surface area contributed by atoms with Crippen LogP contribution in [0.2, 0.25) is 0 Å². The third-order valence-electron chi connectivity index (χ3n) is 2.38. The Morgan fingerprint density at radius 2 is 1.88 bits per heavy atom. The van der Waals surface area contributed by atoms with Crippen LogP contribution in [0.25, 0.3) is 0 Å². The maximum absolute atomic E-state index is 11.0. The molecule has 16 heavy (non-hydrogen) atoms. The summed E-state index contributed by atoms with van der Waals surface area (Å²) in [5, 5.41) is 37.1. The largest absolute Gasteiger partial charge is 0.433 e. The van der Waals surface area contributed by atoms with Crippen molar-refractivity contribution in [2.45, 2.75) is 44.1 Å². The van der Waals surface area contributed by atoms with Crippen molar-refractivity contribution < 1.29 is 34.7 Å². The molecule has 94 valence electrons. The van der Waals surface area contributed by atoms with Crippen LogP contribution < -0.4 is 0 Å². The van der Waals surface area contributed by atoms with Gasteiger partial charge in [0.1, 0.15) is 24.4 Å². The molecular formula is C9H16O7. The Bertz CT molecular complexity index is 242. The predicted octanol–water partition coefficient (Wildman–Crippen LogP) is -2.26. The number of carbonyl (C=O) groups excluding carboxylic acids is 1. The van der Waals surface area contributed by atoms with Gasteiger partial charge >= 0.3 is 5.97 Å². The molecule has 7 nitrogen and oxygen atoms in total. The summed E-state index contributed by atoms with van der Waals surface area (Å²) >= 11 is 0. The lowest BCUT2D eigenvalue weighted by Crippen LogP contribution is -2.59. The summed E-state index contributed by atoms with van der Waals surface area (Å²) < 4.78 is 9.66. The number of aliphatic hydroxyl groups is 4. The van der Waals surface area contributed by atoms with Crippen molar-refractivity contribution >= 4 is 5.97 Å². The average Bonchev–Trinajstić information content (AvgIpc) is 2.29. The maximum Gasteiger partial charge on any atom is 0.307 e. The lowest BCUT2D eigenvalue weighted by molar-refractivity contribution is -0.292. The van der Waals surface area contributed by atoms with Crippen molar-refractivity contribution in [3.63, 3.8) is 0 Å².